The Hall–Kier alpha value is -5.22. The lowest BCUT2D eigenvalue weighted by Gasteiger charge is -2.25. The number of ketones is 1. The van der Waals surface area contributed by atoms with Crippen LogP contribution < -0.4 is 9.47 Å². The molecular weight excluding hydrogens is 1030 g/mol. The van der Waals surface area contributed by atoms with Gasteiger partial charge in [-0.1, -0.05) is 119 Å². The van der Waals surface area contributed by atoms with Crippen molar-refractivity contribution < 1.29 is 46.2 Å². The summed E-state index contributed by atoms with van der Waals surface area (Å²) in [5.41, 5.74) is 5.24. The second-order valence-electron chi connectivity index (χ2n) is 17.4. The van der Waals surface area contributed by atoms with Crippen LogP contribution in [0.5, 0.6) is 11.5 Å². The molecule has 9 nitrogen and oxygen atoms in total. The summed E-state index contributed by atoms with van der Waals surface area (Å²) in [6, 6.07) is 44.0. The Balaban J connectivity index is 0.000000271. The molecule has 0 N–H and O–H groups in total. The maximum atomic E-state index is 14.2. The van der Waals surface area contributed by atoms with E-state index in [9.17, 15) is 27.2 Å². The minimum Gasteiger partial charge on any atom is -0.492 e. The van der Waals surface area contributed by atoms with Crippen LogP contribution in [-0.4, -0.2) is 120 Å². The van der Waals surface area contributed by atoms with E-state index >= 15 is 0 Å². The van der Waals surface area contributed by atoms with Gasteiger partial charge in [0.05, 0.1) is 7.11 Å². The maximum absolute atomic E-state index is 14.2. The minimum atomic E-state index is -3.57. The molecule has 0 aliphatic rings. The summed E-state index contributed by atoms with van der Waals surface area (Å²) in [5.74, 6) is -8.30. The summed E-state index contributed by atoms with van der Waals surface area (Å²) < 4.78 is 72.6. The average Bonchev–Trinajstić information content (AvgIpc) is 3.37. The summed E-state index contributed by atoms with van der Waals surface area (Å²) in [6.45, 7) is 3.01. The molecule has 0 unspecified atom stereocenters. The minimum absolute atomic E-state index is 0.111. The Morgan fingerprint density at radius 3 is 1.11 bits per heavy atom. The molecule has 0 fully saturated rings. The van der Waals surface area contributed by atoms with E-state index in [-0.39, 0.29) is 11.8 Å². The monoisotopic (exact) mass is 1090 g/mol. The molecule has 0 atom stereocenters. The van der Waals surface area contributed by atoms with Crippen LogP contribution in [0.1, 0.15) is 45.2 Å². The van der Waals surface area contributed by atoms with E-state index in [1.807, 2.05) is 111 Å². The zero-order valence-corrected chi connectivity index (χ0v) is 44.2. The van der Waals surface area contributed by atoms with Crippen LogP contribution in [0.25, 0.3) is 0 Å². The van der Waals surface area contributed by atoms with Crippen LogP contribution in [-0.2, 0) is 32.0 Å². The van der Waals surface area contributed by atoms with Gasteiger partial charge in [0.1, 0.15) is 31.3 Å². The zero-order valence-electron chi connectivity index (χ0n) is 41.2. The van der Waals surface area contributed by atoms with Gasteiger partial charge in [-0.3, -0.25) is 14.4 Å². The Morgan fingerprint density at radius 1 is 0.493 bits per heavy atom. The molecule has 0 heterocycles. The number of halogens is 8. The van der Waals surface area contributed by atoms with E-state index in [1.165, 1.54) is 19.2 Å². The van der Waals surface area contributed by atoms with Gasteiger partial charge in [0.2, 0.25) is 5.78 Å². The molecule has 0 bridgehead atoms. The molecule has 6 aromatic carbocycles. The third-order valence-electron chi connectivity index (χ3n) is 11.8. The average molecular weight is 1090 g/mol. The van der Waals surface area contributed by atoms with Gasteiger partial charge in [-0.05, 0) is 120 Å². The first-order valence-corrected chi connectivity index (χ1v) is 24.7. The van der Waals surface area contributed by atoms with Crippen molar-refractivity contribution in [1.29, 1.82) is 0 Å². The number of amides is 1. The summed E-state index contributed by atoms with van der Waals surface area (Å²) in [4.78, 5) is 32.2. The molecule has 6 rings (SSSR count). The largest absolute Gasteiger partial charge is 0.492 e. The van der Waals surface area contributed by atoms with Crippen molar-refractivity contribution in [3.05, 3.63) is 199 Å². The van der Waals surface area contributed by atoms with E-state index in [2.05, 4.69) is 19.4 Å². The first-order valence-electron chi connectivity index (χ1n) is 23.2. The van der Waals surface area contributed by atoms with Crippen LogP contribution in [0.4, 0.5) is 17.6 Å². The summed E-state index contributed by atoms with van der Waals surface area (Å²) in [7, 11) is 7.56. The molecule has 1 amide bonds. The predicted octanol–water partition coefficient (Wildman–Crippen LogP) is 12.9. The molecule has 0 radical (unpaired) electrons. The molecule has 0 aliphatic heterocycles. The van der Waals surface area contributed by atoms with Crippen LogP contribution >= 0.6 is 46.4 Å². The number of hydrogen-bond acceptors (Lipinski definition) is 8. The summed E-state index contributed by atoms with van der Waals surface area (Å²) in [5, 5.41) is 3.27. The van der Waals surface area contributed by atoms with Gasteiger partial charge in [0.15, 0.2) is 0 Å². The second-order valence-corrected chi connectivity index (χ2v) is 19.2. The van der Waals surface area contributed by atoms with Crippen molar-refractivity contribution in [3.8, 4) is 11.5 Å². The number of likely N-dealkylation sites (N-methyl/N-ethyl adjacent to an activating group) is 2. The molecule has 0 spiro atoms. The highest BCUT2D eigenvalue weighted by Crippen LogP contribution is 2.31. The lowest BCUT2D eigenvalue weighted by Crippen LogP contribution is -2.42. The number of Topliss-reactive ketones (excluding diaryl/α,β-unsaturated/α-hetero) is 1. The quantitative estimate of drug-likeness (QED) is 0.0414. The van der Waals surface area contributed by atoms with Crippen molar-refractivity contribution >= 4 is 58.1 Å². The van der Waals surface area contributed by atoms with E-state index in [0.29, 0.717) is 74.1 Å². The van der Waals surface area contributed by atoms with Crippen molar-refractivity contribution in [2.24, 2.45) is 0 Å². The number of hydroxylamine groups is 2. The topological polar surface area (TPSA) is 80.8 Å². The number of hydrogen-bond donors (Lipinski definition) is 0. The van der Waals surface area contributed by atoms with Gasteiger partial charge in [-0.15, -0.1) is 0 Å². The Morgan fingerprint density at radius 2 is 0.808 bits per heavy atom. The molecular formula is C56H59Cl4F4N3O6. The molecule has 6 aromatic rings. The molecule has 17 heteroatoms. The number of methoxy groups -OCH3 is 1. The van der Waals surface area contributed by atoms with E-state index in [4.69, 9.17) is 55.9 Å². The van der Waals surface area contributed by atoms with Crippen LogP contribution in [0.3, 0.4) is 0 Å². The number of nitrogens with zero attached hydrogens (tertiary/aromatic N) is 3. The smallest absolute Gasteiger partial charge is 0.330 e. The molecule has 0 aromatic heterocycles. The van der Waals surface area contributed by atoms with E-state index < -0.39 is 43.0 Å². The van der Waals surface area contributed by atoms with E-state index in [0.717, 1.165) is 49.5 Å². The second kappa shape index (κ2) is 28.5. The third-order valence-corrected chi connectivity index (χ3v) is 12.8. The van der Waals surface area contributed by atoms with Crippen LogP contribution in [0.2, 0.25) is 20.1 Å². The summed E-state index contributed by atoms with van der Waals surface area (Å²) >= 11 is 24.3. The highest BCUT2D eigenvalue weighted by atomic mass is 35.5. The molecule has 0 aliphatic carbocycles. The fourth-order valence-corrected chi connectivity index (χ4v) is 8.18. The van der Waals surface area contributed by atoms with Gasteiger partial charge < -0.3 is 24.0 Å². The maximum Gasteiger partial charge on any atom is 0.330 e. The normalized spacial score (nSPS) is 11.7. The first-order chi connectivity index (χ1) is 34.8. The lowest BCUT2D eigenvalue weighted by atomic mass is 9.91. The molecule has 73 heavy (non-hydrogen) atoms. The van der Waals surface area contributed by atoms with Gasteiger partial charge in [0.25, 0.3) is 0 Å². The number of ether oxygens (including phenoxy) is 3. The molecule has 0 saturated heterocycles. The fraction of sp³-hybridized carbons (Fsp3) is 0.321. The van der Waals surface area contributed by atoms with Crippen LogP contribution in [0, 0.1) is 0 Å². The van der Waals surface area contributed by atoms with Crippen LogP contribution in [0.15, 0.2) is 146 Å². The number of carbonyl (C=O) groups is 2. The zero-order chi connectivity index (χ0) is 53.1. The number of benzene rings is 6. The Kier molecular flexibility index (Phi) is 22.9. The highest BCUT2D eigenvalue weighted by Gasteiger charge is 2.42. The first kappa shape index (κ1) is 58.7. The van der Waals surface area contributed by atoms with Crippen molar-refractivity contribution in [2.45, 2.75) is 36.5 Å². The predicted molar refractivity (Wildman–Crippen MR) is 282 cm³/mol. The number of alkyl halides is 4. The SMILES string of the molecule is COCC(=O)C(F)(F)Cc1ccc(OCCN(C)CC(c2ccc(Cl)cc2)c2ccc(Cl)cc2)cc1.CON(C)C(=O)C(F)(F)Cc1ccc(OCCN(C)CC(c2ccc(Cl)cc2)c2ccc(Cl)cc2)cc1. The van der Waals surface area contributed by atoms with Gasteiger partial charge >= 0.3 is 17.8 Å². The third kappa shape index (κ3) is 18.9. The molecule has 0 saturated carbocycles. The van der Waals surface area contributed by atoms with Gasteiger partial charge in [0, 0.05) is 85.1 Å². The van der Waals surface area contributed by atoms with Crippen molar-refractivity contribution in [2.75, 3.05) is 81.4 Å². The number of rotatable bonds is 25. The van der Waals surface area contributed by atoms with E-state index in [1.54, 1.807) is 36.4 Å². The van der Waals surface area contributed by atoms with Crippen molar-refractivity contribution in [1.82, 2.24) is 14.9 Å². The Bertz CT molecular complexity index is 2520. The number of carbonyl (C=O) groups excluding carboxylic acids is 2. The lowest BCUT2D eigenvalue weighted by molar-refractivity contribution is -0.194. The fourth-order valence-electron chi connectivity index (χ4n) is 7.68. The summed E-state index contributed by atoms with van der Waals surface area (Å²) in [6.07, 6.45) is -1.39. The molecule has 390 valence electrons. The van der Waals surface area contributed by atoms with Crippen molar-refractivity contribution in [3.63, 3.8) is 0 Å². The standard InChI is InChI=1S/C28H30Cl2F2N2O3.C28H29Cl2F2NO3/c1-33(19-26(21-6-10-23(29)11-7-21)22-8-12-24(30)13-9-22)16-17-37-25-14-4-20(5-15-25)18-28(31,32)27(35)34(2)36-3;1-33(18-26(21-5-9-23(29)10-6-21)22-7-11-24(30)12-8-22)15-16-36-25-13-3-20(4-14-25)17-28(31,32)27(34)19-35-2/h4-15,26H,16-19H2,1-3H3;3-14,26H,15-19H2,1-2H3. The highest BCUT2D eigenvalue weighted by molar-refractivity contribution is 6.31. The Labute approximate surface area is 445 Å². The van der Waals surface area contributed by atoms with Gasteiger partial charge in [-0.25, -0.2) is 5.06 Å². The van der Waals surface area contributed by atoms with Gasteiger partial charge in [-0.2, -0.15) is 17.6 Å².